The fourth-order valence-electron chi connectivity index (χ4n) is 3.85. The van der Waals surface area contributed by atoms with Gasteiger partial charge in [-0.25, -0.2) is 0 Å². The SMILES string of the molecule is O=c1[nH]cccc1CN1CCC(C=Cc2ccccc2OCc2ccccc2)CC1. The van der Waals surface area contributed by atoms with E-state index in [2.05, 4.69) is 46.3 Å². The summed E-state index contributed by atoms with van der Waals surface area (Å²) in [7, 11) is 0. The third-order valence-electron chi connectivity index (χ3n) is 5.63. The Kier molecular flexibility index (Phi) is 6.78. The molecule has 30 heavy (non-hydrogen) atoms. The summed E-state index contributed by atoms with van der Waals surface area (Å²) in [5.41, 5.74) is 3.15. The third kappa shape index (κ3) is 5.49. The highest BCUT2D eigenvalue weighted by molar-refractivity contribution is 5.57. The first-order valence-corrected chi connectivity index (χ1v) is 10.6. The molecule has 0 unspecified atom stereocenters. The van der Waals surface area contributed by atoms with Crippen molar-refractivity contribution in [2.45, 2.75) is 26.0 Å². The molecule has 3 aromatic rings. The van der Waals surface area contributed by atoms with Crippen LogP contribution in [0.15, 0.2) is 83.8 Å². The number of nitrogens with zero attached hydrogens (tertiary/aromatic N) is 1. The van der Waals surface area contributed by atoms with Crippen molar-refractivity contribution < 1.29 is 4.74 Å². The molecule has 1 N–H and O–H groups in total. The summed E-state index contributed by atoms with van der Waals surface area (Å²) in [4.78, 5) is 17.0. The number of likely N-dealkylation sites (tertiary alicyclic amines) is 1. The van der Waals surface area contributed by atoms with Gasteiger partial charge >= 0.3 is 0 Å². The summed E-state index contributed by atoms with van der Waals surface area (Å²) in [6.45, 7) is 3.32. The number of piperidine rings is 1. The van der Waals surface area contributed by atoms with E-state index in [0.717, 1.165) is 49.4 Å². The third-order valence-corrected chi connectivity index (χ3v) is 5.63. The maximum Gasteiger partial charge on any atom is 0.252 e. The molecule has 1 aliphatic heterocycles. The summed E-state index contributed by atoms with van der Waals surface area (Å²) < 4.78 is 6.07. The molecule has 1 saturated heterocycles. The summed E-state index contributed by atoms with van der Waals surface area (Å²) in [5.74, 6) is 1.47. The lowest BCUT2D eigenvalue weighted by atomic mass is 9.95. The zero-order chi connectivity index (χ0) is 20.6. The fraction of sp³-hybridized carbons (Fsp3) is 0.269. The average Bonchev–Trinajstić information content (AvgIpc) is 2.80. The molecule has 1 aromatic heterocycles. The fourth-order valence-corrected chi connectivity index (χ4v) is 3.85. The van der Waals surface area contributed by atoms with E-state index >= 15 is 0 Å². The van der Waals surface area contributed by atoms with Gasteiger partial charge in [0, 0.05) is 23.9 Å². The van der Waals surface area contributed by atoms with Crippen LogP contribution in [0.25, 0.3) is 6.08 Å². The number of hydrogen-bond acceptors (Lipinski definition) is 3. The molecule has 154 valence electrons. The monoisotopic (exact) mass is 400 g/mol. The number of hydrogen-bond donors (Lipinski definition) is 1. The number of aromatic amines is 1. The van der Waals surface area contributed by atoms with Crippen LogP contribution >= 0.6 is 0 Å². The van der Waals surface area contributed by atoms with Crippen molar-refractivity contribution in [2.24, 2.45) is 5.92 Å². The molecule has 0 bridgehead atoms. The Balaban J connectivity index is 1.31. The van der Waals surface area contributed by atoms with E-state index in [1.54, 1.807) is 6.20 Å². The Hall–Kier alpha value is -3.11. The number of pyridine rings is 1. The molecule has 0 atom stereocenters. The van der Waals surface area contributed by atoms with Gasteiger partial charge in [-0.2, -0.15) is 0 Å². The molecule has 0 saturated carbocycles. The van der Waals surface area contributed by atoms with Gasteiger partial charge < -0.3 is 9.72 Å². The van der Waals surface area contributed by atoms with E-state index in [0.29, 0.717) is 12.5 Å². The lowest BCUT2D eigenvalue weighted by Gasteiger charge is -2.30. The molecule has 4 heteroatoms. The van der Waals surface area contributed by atoms with Gasteiger partial charge in [-0.3, -0.25) is 9.69 Å². The topological polar surface area (TPSA) is 45.3 Å². The number of benzene rings is 2. The number of para-hydroxylation sites is 1. The van der Waals surface area contributed by atoms with Crippen LogP contribution in [-0.4, -0.2) is 23.0 Å². The van der Waals surface area contributed by atoms with Crippen molar-refractivity contribution in [1.29, 1.82) is 0 Å². The van der Waals surface area contributed by atoms with Crippen LogP contribution in [0.5, 0.6) is 5.75 Å². The maximum absolute atomic E-state index is 11.9. The van der Waals surface area contributed by atoms with Gasteiger partial charge in [0.15, 0.2) is 0 Å². The largest absolute Gasteiger partial charge is 0.488 e. The van der Waals surface area contributed by atoms with Gasteiger partial charge in [0.2, 0.25) is 0 Å². The second-order valence-electron chi connectivity index (χ2n) is 7.81. The van der Waals surface area contributed by atoms with Crippen molar-refractivity contribution >= 4 is 6.08 Å². The van der Waals surface area contributed by atoms with E-state index in [-0.39, 0.29) is 5.56 Å². The van der Waals surface area contributed by atoms with E-state index in [1.165, 1.54) is 5.56 Å². The van der Waals surface area contributed by atoms with Gasteiger partial charge in [-0.15, -0.1) is 0 Å². The Morgan fingerprint density at radius 2 is 1.73 bits per heavy atom. The van der Waals surface area contributed by atoms with Gasteiger partial charge in [-0.05, 0) is 49.5 Å². The van der Waals surface area contributed by atoms with Crippen LogP contribution in [-0.2, 0) is 13.2 Å². The zero-order valence-electron chi connectivity index (χ0n) is 17.2. The summed E-state index contributed by atoms with van der Waals surface area (Å²) in [6.07, 6.45) is 8.41. The minimum Gasteiger partial charge on any atom is -0.488 e. The Morgan fingerprint density at radius 3 is 2.53 bits per heavy atom. The average molecular weight is 401 g/mol. The number of nitrogens with one attached hydrogen (secondary N) is 1. The molecule has 1 aliphatic rings. The Morgan fingerprint density at radius 1 is 0.967 bits per heavy atom. The molecule has 0 aliphatic carbocycles. The summed E-state index contributed by atoms with van der Waals surface area (Å²) in [5, 5.41) is 0. The smallest absolute Gasteiger partial charge is 0.252 e. The first-order chi connectivity index (χ1) is 14.8. The van der Waals surface area contributed by atoms with Crippen LogP contribution in [0.3, 0.4) is 0 Å². The Bertz CT molecular complexity index is 1020. The molecule has 2 aromatic carbocycles. The van der Waals surface area contributed by atoms with E-state index in [4.69, 9.17) is 4.74 Å². The second-order valence-corrected chi connectivity index (χ2v) is 7.81. The second kappa shape index (κ2) is 10.1. The predicted octanol–water partition coefficient (Wildman–Crippen LogP) is 4.88. The Labute approximate surface area is 177 Å². The zero-order valence-corrected chi connectivity index (χ0v) is 17.2. The lowest BCUT2D eigenvalue weighted by molar-refractivity contribution is 0.195. The first kappa shape index (κ1) is 20.2. The number of allylic oxidation sites excluding steroid dienone is 1. The predicted molar refractivity (Wildman–Crippen MR) is 121 cm³/mol. The molecule has 0 amide bonds. The van der Waals surface area contributed by atoms with Crippen LogP contribution in [0, 0.1) is 5.92 Å². The molecular weight excluding hydrogens is 372 g/mol. The van der Waals surface area contributed by atoms with Crippen molar-refractivity contribution in [3.05, 3.63) is 106 Å². The van der Waals surface area contributed by atoms with Gasteiger partial charge in [0.1, 0.15) is 12.4 Å². The minimum absolute atomic E-state index is 0.0200. The molecular formula is C26H28N2O2. The highest BCUT2D eigenvalue weighted by atomic mass is 16.5. The van der Waals surface area contributed by atoms with Crippen molar-refractivity contribution in [2.75, 3.05) is 13.1 Å². The van der Waals surface area contributed by atoms with Crippen molar-refractivity contribution in [1.82, 2.24) is 9.88 Å². The number of rotatable bonds is 7. The lowest BCUT2D eigenvalue weighted by Crippen LogP contribution is -2.34. The van der Waals surface area contributed by atoms with Crippen LogP contribution < -0.4 is 10.3 Å². The van der Waals surface area contributed by atoms with Gasteiger partial charge in [0.25, 0.3) is 5.56 Å². The molecule has 0 radical (unpaired) electrons. The molecule has 4 nitrogen and oxygen atoms in total. The van der Waals surface area contributed by atoms with Crippen LogP contribution in [0.2, 0.25) is 0 Å². The summed E-state index contributed by atoms with van der Waals surface area (Å²) >= 11 is 0. The van der Waals surface area contributed by atoms with Crippen LogP contribution in [0.4, 0.5) is 0 Å². The highest BCUT2D eigenvalue weighted by Gasteiger charge is 2.18. The number of H-pyrrole nitrogens is 1. The summed E-state index contributed by atoms with van der Waals surface area (Å²) in [6, 6.07) is 22.2. The van der Waals surface area contributed by atoms with Crippen molar-refractivity contribution in [3.8, 4) is 5.75 Å². The molecule has 1 fully saturated rings. The number of aromatic nitrogens is 1. The molecule has 4 rings (SSSR count). The minimum atomic E-state index is 0.0200. The standard InChI is InChI=1S/C26H28N2O2/c29-26-24(10-6-16-27-26)19-28-17-14-21(15-18-28)12-13-23-9-4-5-11-25(23)30-20-22-7-2-1-3-8-22/h1-13,16,21H,14-15,17-20H2,(H,27,29). The molecule has 2 heterocycles. The van der Waals surface area contributed by atoms with Crippen LogP contribution in [0.1, 0.15) is 29.5 Å². The highest BCUT2D eigenvalue weighted by Crippen LogP contribution is 2.24. The molecule has 0 spiro atoms. The normalized spacial score (nSPS) is 15.5. The van der Waals surface area contributed by atoms with Crippen molar-refractivity contribution in [3.63, 3.8) is 0 Å². The quantitative estimate of drug-likeness (QED) is 0.615. The van der Waals surface area contributed by atoms with Gasteiger partial charge in [0.05, 0.1) is 0 Å². The van der Waals surface area contributed by atoms with E-state index in [1.807, 2.05) is 42.5 Å². The van der Waals surface area contributed by atoms with E-state index < -0.39 is 0 Å². The van der Waals surface area contributed by atoms with E-state index in [9.17, 15) is 4.79 Å². The van der Waals surface area contributed by atoms with Gasteiger partial charge in [-0.1, -0.05) is 66.7 Å². The number of ether oxygens (including phenoxy) is 1. The maximum atomic E-state index is 11.9. The first-order valence-electron chi connectivity index (χ1n) is 10.6.